The summed E-state index contributed by atoms with van der Waals surface area (Å²) in [5, 5.41) is 0. The van der Waals surface area contributed by atoms with Gasteiger partial charge in [-0.25, -0.2) is 4.90 Å². The van der Waals surface area contributed by atoms with E-state index in [2.05, 4.69) is 0 Å². The fourth-order valence-electron chi connectivity index (χ4n) is 1.67. The van der Waals surface area contributed by atoms with E-state index in [1.807, 2.05) is 27.7 Å². The first-order valence-corrected chi connectivity index (χ1v) is 5.52. The van der Waals surface area contributed by atoms with Gasteiger partial charge in [0.1, 0.15) is 0 Å². The number of likely N-dealkylation sites (tertiary alicyclic amines) is 1. The Labute approximate surface area is 86.5 Å². The maximum atomic E-state index is 13.1. The van der Waals surface area contributed by atoms with Gasteiger partial charge in [-0.3, -0.25) is 0 Å². The van der Waals surface area contributed by atoms with Crippen LogP contribution in [0.4, 0.5) is 8.78 Å². The third kappa shape index (κ3) is 3.52. The molecule has 1 unspecified atom stereocenters. The van der Waals surface area contributed by atoms with Gasteiger partial charge in [0.05, 0.1) is 0 Å². The Kier molecular flexibility index (Phi) is 5.57. The Morgan fingerprint density at radius 1 is 1.29 bits per heavy atom. The second-order valence-corrected chi connectivity index (χ2v) is 4.08. The van der Waals surface area contributed by atoms with E-state index in [1.54, 1.807) is 0 Å². The van der Waals surface area contributed by atoms with Gasteiger partial charge in [0.2, 0.25) is 0 Å². The first kappa shape index (κ1) is 13.8. The van der Waals surface area contributed by atoms with E-state index in [9.17, 15) is 8.78 Å². The monoisotopic (exact) mass is 207 g/mol. The van der Waals surface area contributed by atoms with Crippen LogP contribution < -0.4 is 0 Å². The van der Waals surface area contributed by atoms with Crippen LogP contribution in [0.2, 0.25) is 0 Å². The molecule has 0 aliphatic carbocycles. The second-order valence-electron chi connectivity index (χ2n) is 4.08. The molecule has 1 saturated heterocycles. The third-order valence-electron chi connectivity index (χ3n) is 2.84. The van der Waals surface area contributed by atoms with Crippen LogP contribution in [0.3, 0.4) is 0 Å². The maximum absolute atomic E-state index is 13.1. The van der Waals surface area contributed by atoms with E-state index >= 15 is 0 Å². The Balaban J connectivity index is 0.000000791. The Morgan fingerprint density at radius 2 is 1.79 bits per heavy atom. The number of alkyl halides is 2. The molecule has 1 aliphatic rings. The van der Waals surface area contributed by atoms with E-state index in [-0.39, 0.29) is 12.3 Å². The predicted molar refractivity (Wildman–Crippen MR) is 56.5 cm³/mol. The van der Waals surface area contributed by atoms with Crippen molar-refractivity contribution in [3.8, 4) is 0 Å². The molecule has 1 nitrogen and oxygen atoms in total. The van der Waals surface area contributed by atoms with Crippen LogP contribution in [-0.4, -0.2) is 24.5 Å². The molecule has 1 heterocycles. The van der Waals surface area contributed by atoms with Crippen molar-refractivity contribution in [3.63, 3.8) is 0 Å². The van der Waals surface area contributed by atoms with E-state index in [1.165, 1.54) is 7.05 Å². The van der Waals surface area contributed by atoms with Gasteiger partial charge < -0.3 is 0 Å². The molecule has 0 amide bonds. The van der Waals surface area contributed by atoms with Gasteiger partial charge in [-0.2, -0.15) is 8.78 Å². The fraction of sp³-hybridized carbons (Fsp3) is 1.00. The molecular formula is C11H23F2N. The first-order valence-electron chi connectivity index (χ1n) is 5.52. The van der Waals surface area contributed by atoms with Crippen LogP contribution >= 0.6 is 0 Å². The average molecular weight is 207 g/mol. The zero-order chi connectivity index (χ0) is 11.4. The highest BCUT2D eigenvalue weighted by atomic mass is 19.3. The molecule has 14 heavy (non-hydrogen) atoms. The van der Waals surface area contributed by atoms with Crippen LogP contribution in [0.25, 0.3) is 0 Å². The smallest absolute Gasteiger partial charge is 0.248 e. The first-order chi connectivity index (χ1) is 6.43. The average Bonchev–Trinajstić information content (AvgIpc) is 2.13. The zero-order valence-corrected chi connectivity index (χ0v) is 9.98. The summed E-state index contributed by atoms with van der Waals surface area (Å²) in [5.74, 6) is 0.570. The lowest BCUT2D eigenvalue weighted by atomic mass is 9.86. The molecule has 1 fully saturated rings. The van der Waals surface area contributed by atoms with Gasteiger partial charge in [-0.1, -0.05) is 27.7 Å². The minimum Gasteiger partial charge on any atom is -0.248 e. The highest BCUT2D eigenvalue weighted by molar-refractivity contribution is 4.80. The van der Waals surface area contributed by atoms with Crippen molar-refractivity contribution in [2.24, 2.45) is 11.8 Å². The van der Waals surface area contributed by atoms with Crippen molar-refractivity contribution in [3.05, 3.63) is 0 Å². The van der Waals surface area contributed by atoms with Crippen molar-refractivity contribution >= 4 is 0 Å². The minimum atomic E-state index is -2.58. The molecule has 0 radical (unpaired) electrons. The molecule has 3 heteroatoms. The Morgan fingerprint density at radius 3 is 2.14 bits per heavy atom. The van der Waals surface area contributed by atoms with Crippen molar-refractivity contribution in [1.82, 2.24) is 4.90 Å². The quantitative estimate of drug-likeness (QED) is 0.594. The predicted octanol–water partition coefficient (Wildman–Crippen LogP) is 3.60. The Hall–Kier alpha value is -0.180. The summed E-state index contributed by atoms with van der Waals surface area (Å²) in [4.78, 5) is 1.16. The molecule has 1 aliphatic heterocycles. The van der Waals surface area contributed by atoms with Crippen LogP contribution in [0.1, 0.15) is 40.5 Å². The van der Waals surface area contributed by atoms with Crippen molar-refractivity contribution in [2.75, 3.05) is 13.6 Å². The van der Waals surface area contributed by atoms with Gasteiger partial charge in [0.25, 0.3) is 0 Å². The summed E-state index contributed by atoms with van der Waals surface area (Å²) in [7, 11) is 1.50. The molecule has 0 aromatic carbocycles. The minimum absolute atomic E-state index is 0.0289. The summed E-state index contributed by atoms with van der Waals surface area (Å²) >= 11 is 0. The normalized spacial score (nSPS) is 27.0. The lowest BCUT2D eigenvalue weighted by molar-refractivity contribution is -0.173. The number of nitrogens with zero attached hydrogens (tertiary/aromatic N) is 1. The van der Waals surface area contributed by atoms with Crippen LogP contribution in [0.5, 0.6) is 0 Å². The van der Waals surface area contributed by atoms with E-state index in [0.717, 1.165) is 11.3 Å². The fourth-order valence-corrected chi connectivity index (χ4v) is 1.67. The second kappa shape index (κ2) is 5.64. The number of hydrogen-bond acceptors (Lipinski definition) is 1. The third-order valence-corrected chi connectivity index (χ3v) is 2.84. The maximum Gasteiger partial charge on any atom is 0.304 e. The largest absolute Gasteiger partial charge is 0.304 e. The van der Waals surface area contributed by atoms with Gasteiger partial charge in [0, 0.05) is 13.0 Å². The number of piperidine rings is 1. The molecular weight excluding hydrogens is 184 g/mol. The van der Waals surface area contributed by atoms with E-state index in [0.29, 0.717) is 12.5 Å². The molecule has 0 bridgehead atoms. The molecule has 86 valence electrons. The molecule has 0 saturated carbocycles. The van der Waals surface area contributed by atoms with E-state index in [4.69, 9.17) is 0 Å². The molecule has 1 atom stereocenters. The van der Waals surface area contributed by atoms with Crippen LogP contribution in [-0.2, 0) is 0 Å². The van der Waals surface area contributed by atoms with Crippen molar-refractivity contribution in [2.45, 2.75) is 46.6 Å². The zero-order valence-electron chi connectivity index (χ0n) is 9.98. The summed E-state index contributed by atoms with van der Waals surface area (Å²) in [6, 6.07) is -2.58. The van der Waals surface area contributed by atoms with Crippen LogP contribution in [0, 0.1) is 11.8 Å². The van der Waals surface area contributed by atoms with Crippen LogP contribution in [0.15, 0.2) is 0 Å². The molecule has 0 aromatic heterocycles. The van der Waals surface area contributed by atoms with Gasteiger partial charge in [0.15, 0.2) is 0 Å². The van der Waals surface area contributed by atoms with Crippen molar-refractivity contribution < 1.29 is 8.78 Å². The molecule has 0 spiro atoms. The van der Waals surface area contributed by atoms with Gasteiger partial charge in [-0.15, -0.1) is 0 Å². The standard InChI is InChI=1S/C9H17F2N.C2H6/c1-7(2)8-4-5-12(3)9(10,11)6-8;1-2/h7-8H,4-6H2,1-3H3;1-2H3. The lowest BCUT2D eigenvalue weighted by Crippen LogP contribution is -2.46. The van der Waals surface area contributed by atoms with Gasteiger partial charge >= 0.3 is 6.05 Å². The van der Waals surface area contributed by atoms with Gasteiger partial charge in [-0.05, 0) is 25.3 Å². The van der Waals surface area contributed by atoms with Crippen molar-refractivity contribution in [1.29, 1.82) is 0 Å². The topological polar surface area (TPSA) is 3.24 Å². The Bertz CT molecular complexity index is 157. The highest BCUT2D eigenvalue weighted by Gasteiger charge is 2.41. The summed E-state index contributed by atoms with van der Waals surface area (Å²) < 4.78 is 26.3. The SMILES string of the molecule is CC.CC(C)C1CCN(C)C(F)(F)C1. The molecule has 1 rings (SSSR count). The molecule has 0 N–H and O–H groups in total. The summed E-state index contributed by atoms with van der Waals surface area (Å²) in [6.07, 6.45) is 0.935. The number of rotatable bonds is 1. The number of halogens is 2. The molecule has 0 aromatic rings. The van der Waals surface area contributed by atoms with E-state index < -0.39 is 6.05 Å². The number of hydrogen-bond donors (Lipinski definition) is 0. The lowest BCUT2D eigenvalue weighted by Gasteiger charge is -2.38. The highest BCUT2D eigenvalue weighted by Crippen LogP contribution is 2.36. The summed E-state index contributed by atoms with van der Waals surface area (Å²) in [6.45, 7) is 8.56. The summed E-state index contributed by atoms with van der Waals surface area (Å²) in [5.41, 5.74) is 0.